The topological polar surface area (TPSA) is 114 Å². The van der Waals surface area contributed by atoms with Gasteiger partial charge >= 0.3 is 0 Å². The van der Waals surface area contributed by atoms with Crippen LogP contribution in [0.4, 0.5) is 0 Å². The molecule has 0 bridgehead atoms. The van der Waals surface area contributed by atoms with Gasteiger partial charge in [0.25, 0.3) is 0 Å². The molecule has 0 radical (unpaired) electrons. The molecule has 6 nitrogen and oxygen atoms in total. The number of benzene rings is 2. The second-order valence-electron chi connectivity index (χ2n) is 6.58. The molecular formula is C20H20ClNO5. The fraction of sp³-hybridized carbons (Fsp3) is 0.350. The van der Waals surface area contributed by atoms with E-state index in [2.05, 4.69) is 6.07 Å². The van der Waals surface area contributed by atoms with E-state index in [0.29, 0.717) is 22.6 Å². The molecule has 0 spiro atoms. The molecule has 0 saturated carbocycles. The smallest absolute Gasteiger partial charge is 0.113 e. The first-order valence-electron chi connectivity index (χ1n) is 8.52. The Bertz CT molecular complexity index is 833. The van der Waals surface area contributed by atoms with Crippen molar-refractivity contribution in [2.24, 2.45) is 0 Å². The van der Waals surface area contributed by atoms with Gasteiger partial charge in [0.1, 0.15) is 30.5 Å². The number of hydrogen-bond donors (Lipinski definition) is 4. The highest BCUT2D eigenvalue weighted by molar-refractivity contribution is 6.30. The molecule has 2 aromatic carbocycles. The van der Waals surface area contributed by atoms with Crippen LogP contribution >= 0.6 is 11.6 Å². The second-order valence-corrected chi connectivity index (χ2v) is 7.02. The average molecular weight is 390 g/mol. The molecule has 3 rings (SSSR count). The first-order valence-corrected chi connectivity index (χ1v) is 8.90. The highest BCUT2D eigenvalue weighted by Crippen LogP contribution is 2.33. The lowest BCUT2D eigenvalue weighted by molar-refractivity contribution is -0.231. The Balaban J connectivity index is 1.92. The molecular weight excluding hydrogens is 370 g/mol. The maximum absolute atomic E-state index is 10.3. The number of ether oxygens (including phenoxy) is 1. The Morgan fingerprint density at radius 2 is 1.70 bits per heavy atom. The molecule has 0 unspecified atom stereocenters. The van der Waals surface area contributed by atoms with Crippen molar-refractivity contribution >= 4 is 11.6 Å². The third-order valence-corrected chi connectivity index (χ3v) is 5.03. The lowest BCUT2D eigenvalue weighted by Gasteiger charge is -2.40. The Hall–Kier alpha value is -1.98. The predicted octanol–water partition coefficient (Wildman–Crippen LogP) is 1.32. The van der Waals surface area contributed by atoms with Gasteiger partial charge in [-0.1, -0.05) is 35.9 Å². The van der Waals surface area contributed by atoms with Gasteiger partial charge in [0.2, 0.25) is 0 Å². The average Bonchev–Trinajstić information content (AvgIpc) is 2.68. The summed E-state index contributed by atoms with van der Waals surface area (Å²) in [5, 5.41) is 49.6. The number of hydrogen-bond acceptors (Lipinski definition) is 6. The second kappa shape index (κ2) is 8.36. The lowest BCUT2D eigenvalue weighted by atomic mass is 9.89. The quantitative estimate of drug-likeness (QED) is 0.627. The molecule has 4 N–H and O–H groups in total. The van der Waals surface area contributed by atoms with Crippen molar-refractivity contribution in [2.45, 2.75) is 36.9 Å². The van der Waals surface area contributed by atoms with Crippen molar-refractivity contribution in [1.82, 2.24) is 0 Å². The zero-order valence-corrected chi connectivity index (χ0v) is 15.1. The van der Waals surface area contributed by atoms with E-state index in [1.165, 1.54) is 0 Å². The van der Waals surface area contributed by atoms with Crippen LogP contribution in [0, 0.1) is 11.3 Å². The molecule has 1 fully saturated rings. The van der Waals surface area contributed by atoms with Gasteiger partial charge in [-0.2, -0.15) is 5.26 Å². The zero-order chi connectivity index (χ0) is 19.6. The van der Waals surface area contributed by atoms with Crippen LogP contribution in [0.3, 0.4) is 0 Å². The number of rotatable bonds is 4. The summed E-state index contributed by atoms with van der Waals surface area (Å²) in [6.45, 7) is -0.491. The Labute approximate surface area is 161 Å². The number of aliphatic hydroxyl groups is 4. The summed E-state index contributed by atoms with van der Waals surface area (Å²) < 4.78 is 5.60. The van der Waals surface area contributed by atoms with E-state index in [0.717, 1.165) is 11.1 Å². The lowest BCUT2D eigenvalue weighted by Crippen LogP contribution is -2.55. The molecule has 27 heavy (non-hydrogen) atoms. The van der Waals surface area contributed by atoms with Gasteiger partial charge in [-0.25, -0.2) is 0 Å². The number of aliphatic hydroxyl groups excluding tert-OH is 4. The van der Waals surface area contributed by atoms with Gasteiger partial charge < -0.3 is 25.2 Å². The van der Waals surface area contributed by atoms with Gasteiger partial charge in [0.15, 0.2) is 0 Å². The summed E-state index contributed by atoms with van der Waals surface area (Å²) in [4.78, 5) is 0. The van der Waals surface area contributed by atoms with E-state index >= 15 is 0 Å². The van der Waals surface area contributed by atoms with E-state index in [4.69, 9.17) is 16.3 Å². The van der Waals surface area contributed by atoms with Crippen molar-refractivity contribution in [1.29, 1.82) is 5.26 Å². The van der Waals surface area contributed by atoms with Crippen LogP contribution in [-0.4, -0.2) is 51.4 Å². The largest absolute Gasteiger partial charge is 0.394 e. The van der Waals surface area contributed by atoms with Crippen LogP contribution in [-0.2, 0) is 11.2 Å². The summed E-state index contributed by atoms with van der Waals surface area (Å²) >= 11 is 5.91. The summed E-state index contributed by atoms with van der Waals surface area (Å²) in [5.41, 5.74) is 2.73. The Morgan fingerprint density at radius 3 is 2.33 bits per heavy atom. The molecule has 0 aliphatic carbocycles. The highest BCUT2D eigenvalue weighted by atomic mass is 35.5. The fourth-order valence-electron chi connectivity index (χ4n) is 3.25. The molecule has 2 aromatic rings. The van der Waals surface area contributed by atoms with E-state index in [9.17, 15) is 25.7 Å². The van der Waals surface area contributed by atoms with E-state index in [-0.39, 0.29) is 0 Å². The van der Waals surface area contributed by atoms with Crippen LogP contribution in [0.15, 0.2) is 42.5 Å². The maximum atomic E-state index is 10.3. The standard InChI is InChI=1S/C20H20ClNO5/c21-15-5-1-11(2-6-15)7-14-8-12(3-4-13(14)9-22)20-19(26)18(25)17(24)16(10-23)27-20/h1-6,8,16-20,23-26H,7,10H2/t16-,17-,18+,19-,20+/m1/s1. The summed E-state index contributed by atoms with van der Waals surface area (Å²) in [6.07, 6.45) is -5.66. The molecule has 1 saturated heterocycles. The summed E-state index contributed by atoms with van der Waals surface area (Å²) in [6, 6.07) is 14.4. The van der Waals surface area contributed by atoms with Gasteiger partial charge in [-0.05, 0) is 41.3 Å². The monoisotopic (exact) mass is 389 g/mol. The predicted molar refractivity (Wildman–Crippen MR) is 98.1 cm³/mol. The first kappa shape index (κ1) is 19.8. The van der Waals surface area contributed by atoms with Gasteiger partial charge in [-0.15, -0.1) is 0 Å². The van der Waals surface area contributed by atoms with Crippen LogP contribution < -0.4 is 0 Å². The van der Waals surface area contributed by atoms with E-state index < -0.39 is 37.1 Å². The Kier molecular flexibility index (Phi) is 6.12. The van der Waals surface area contributed by atoms with Crippen LogP contribution in [0.25, 0.3) is 0 Å². The first-order chi connectivity index (χ1) is 12.9. The van der Waals surface area contributed by atoms with Crippen LogP contribution in [0.5, 0.6) is 0 Å². The fourth-order valence-corrected chi connectivity index (χ4v) is 3.37. The van der Waals surface area contributed by atoms with E-state index in [1.54, 1.807) is 30.3 Å². The van der Waals surface area contributed by atoms with Crippen LogP contribution in [0.1, 0.15) is 28.4 Å². The molecule has 142 valence electrons. The van der Waals surface area contributed by atoms with Crippen molar-refractivity contribution in [3.05, 3.63) is 69.7 Å². The molecule has 1 aliphatic rings. The normalized spacial score (nSPS) is 27.9. The van der Waals surface area contributed by atoms with Crippen molar-refractivity contribution < 1.29 is 25.2 Å². The summed E-state index contributed by atoms with van der Waals surface area (Å²) in [5.74, 6) is 0. The Morgan fingerprint density at radius 1 is 1.00 bits per heavy atom. The van der Waals surface area contributed by atoms with Crippen molar-refractivity contribution in [3.63, 3.8) is 0 Å². The minimum absolute atomic E-state index is 0.478. The van der Waals surface area contributed by atoms with Crippen molar-refractivity contribution in [2.75, 3.05) is 6.61 Å². The number of nitriles is 1. The molecule has 1 heterocycles. The third kappa shape index (κ3) is 4.14. The minimum Gasteiger partial charge on any atom is -0.394 e. The van der Waals surface area contributed by atoms with Crippen LogP contribution in [0.2, 0.25) is 5.02 Å². The molecule has 0 aromatic heterocycles. The van der Waals surface area contributed by atoms with Gasteiger partial charge in [-0.3, -0.25) is 0 Å². The van der Waals surface area contributed by atoms with Gasteiger partial charge in [0, 0.05) is 5.02 Å². The minimum atomic E-state index is -1.45. The van der Waals surface area contributed by atoms with E-state index in [1.807, 2.05) is 12.1 Å². The number of halogens is 1. The molecule has 5 atom stereocenters. The number of nitrogens with zero attached hydrogens (tertiary/aromatic N) is 1. The molecule has 7 heteroatoms. The molecule has 1 aliphatic heterocycles. The third-order valence-electron chi connectivity index (χ3n) is 4.78. The highest BCUT2D eigenvalue weighted by Gasteiger charge is 2.44. The zero-order valence-electron chi connectivity index (χ0n) is 14.4. The van der Waals surface area contributed by atoms with Gasteiger partial charge in [0.05, 0.1) is 18.2 Å². The molecule has 0 amide bonds. The SMILES string of the molecule is N#Cc1ccc([C@@H]2O[C@H](CO)[C@@H](O)[C@H](O)[C@H]2O)cc1Cc1ccc(Cl)cc1. The summed E-state index contributed by atoms with van der Waals surface area (Å²) in [7, 11) is 0. The maximum Gasteiger partial charge on any atom is 0.113 e. The van der Waals surface area contributed by atoms with Crippen molar-refractivity contribution in [3.8, 4) is 6.07 Å².